The molecule has 0 unspecified atom stereocenters. The Morgan fingerprint density at radius 3 is 2.78 bits per heavy atom. The highest BCUT2D eigenvalue weighted by atomic mass is 79.9. The van der Waals surface area contributed by atoms with Crippen molar-refractivity contribution in [1.82, 2.24) is 20.2 Å². The van der Waals surface area contributed by atoms with Crippen LogP contribution in [0.15, 0.2) is 27.9 Å². The number of nitrogens with zero attached hydrogens (tertiary/aromatic N) is 4. The molecule has 0 fully saturated rings. The van der Waals surface area contributed by atoms with Crippen LogP contribution < -0.4 is 14.8 Å². The molecule has 144 valence electrons. The first kappa shape index (κ1) is 19.2. The Bertz CT molecular complexity index is 895. The molecule has 1 aromatic heterocycles. The van der Waals surface area contributed by atoms with Crippen LogP contribution in [0.25, 0.3) is 0 Å². The molecule has 1 aliphatic heterocycles. The van der Waals surface area contributed by atoms with Gasteiger partial charge in [-0.15, -0.1) is 0 Å². The fourth-order valence-electron chi connectivity index (χ4n) is 2.98. The fourth-order valence-corrected chi connectivity index (χ4v) is 3.55. The summed E-state index contributed by atoms with van der Waals surface area (Å²) < 4.78 is 18.6. The SMILES string of the molecule is CCOC(=O)C1=C(C)Nc2nnnn2[C@@H]1c1cc(Br)c(OCC)c(OC)c1. The molecular weight excluding hydrogens is 418 g/mol. The van der Waals surface area contributed by atoms with Gasteiger partial charge in [-0.25, -0.2) is 4.79 Å². The minimum atomic E-state index is -0.573. The molecule has 3 rings (SSSR count). The van der Waals surface area contributed by atoms with Crippen LogP contribution in [0.2, 0.25) is 0 Å². The maximum absolute atomic E-state index is 12.7. The van der Waals surface area contributed by atoms with Gasteiger partial charge in [-0.1, -0.05) is 5.10 Å². The van der Waals surface area contributed by atoms with Gasteiger partial charge in [-0.05, 0) is 64.8 Å². The van der Waals surface area contributed by atoms with Gasteiger partial charge in [0.15, 0.2) is 11.5 Å². The number of aromatic nitrogens is 4. The van der Waals surface area contributed by atoms with E-state index < -0.39 is 12.0 Å². The molecule has 0 saturated heterocycles. The van der Waals surface area contributed by atoms with E-state index >= 15 is 0 Å². The lowest BCUT2D eigenvalue weighted by Crippen LogP contribution is -2.29. The highest BCUT2D eigenvalue weighted by Gasteiger charge is 2.35. The molecule has 0 aliphatic carbocycles. The molecule has 1 atom stereocenters. The number of nitrogens with one attached hydrogen (secondary N) is 1. The normalized spacial score (nSPS) is 15.8. The van der Waals surface area contributed by atoms with E-state index in [9.17, 15) is 4.79 Å². The smallest absolute Gasteiger partial charge is 0.338 e. The number of tetrazole rings is 1. The summed E-state index contributed by atoms with van der Waals surface area (Å²) in [4.78, 5) is 12.7. The second kappa shape index (κ2) is 7.95. The maximum atomic E-state index is 12.7. The summed E-state index contributed by atoms with van der Waals surface area (Å²) in [5, 5.41) is 14.8. The Kier molecular flexibility index (Phi) is 5.64. The number of rotatable bonds is 6. The third-order valence-electron chi connectivity index (χ3n) is 4.07. The molecule has 0 spiro atoms. The lowest BCUT2D eigenvalue weighted by molar-refractivity contribution is -0.139. The van der Waals surface area contributed by atoms with E-state index in [0.29, 0.717) is 39.8 Å². The third kappa shape index (κ3) is 3.48. The fraction of sp³-hybridized carbons (Fsp3) is 0.412. The minimum absolute atomic E-state index is 0.265. The van der Waals surface area contributed by atoms with Gasteiger partial charge in [0, 0.05) is 5.70 Å². The number of anilines is 1. The summed E-state index contributed by atoms with van der Waals surface area (Å²) in [6.45, 7) is 6.20. The van der Waals surface area contributed by atoms with Gasteiger partial charge in [-0.3, -0.25) is 0 Å². The van der Waals surface area contributed by atoms with E-state index in [1.165, 1.54) is 0 Å². The Morgan fingerprint density at radius 2 is 2.11 bits per heavy atom. The molecule has 27 heavy (non-hydrogen) atoms. The molecule has 9 nitrogen and oxygen atoms in total. The van der Waals surface area contributed by atoms with Crippen LogP contribution in [0.3, 0.4) is 0 Å². The molecule has 0 saturated carbocycles. The number of methoxy groups -OCH3 is 1. The first-order chi connectivity index (χ1) is 13.0. The summed E-state index contributed by atoms with van der Waals surface area (Å²) in [7, 11) is 1.56. The first-order valence-corrected chi connectivity index (χ1v) is 9.24. The molecule has 2 aromatic rings. The lowest BCUT2D eigenvalue weighted by Gasteiger charge is -2.28. The number of esters is 1. The van der Waals surface area contributed by atoms with E-state index in [1.54, 1.807) is 25.6 Å². The Morgan fingerprint density at radius 1 is 1.33 bits per heavy atom. The zero-order valence-corrected chi connectivity index (χ0v) is 17.0. The zero-order chi connectivity index (χ0) is 19.6. The first-order valence-electron chi connectivity index (χ1n) is 8.44. The highest BCUT2D eigenvalue weighted by molar-refractivity contribution is 9.10. The van der Waals surface area contributed by atoms with Crippen molar-refractivity contribution in [2.45, 2.75) is 26.8 Å². The Balaban J connectivity index is 2.18. The van der Waals surface area contributed by atoms with Crippen LogP contribution >= 0.6 is 15.9 Å². The predicted molar refractivity (Wildman–Crippen MR) is 101 cm³/mol. The monoisotopic (exact) mass is 437 g/mol. The number of hydrogen-bond donors (Lipinski definition) is 1. The van der Waals surface area contributed by atoms with E-state index in [0.717, 1.165) is 5.56 Å². The van der Waals surface area contributed by atoms with E-state index in [-0.39, 0.29) is 6.61 Å². The summed E-state index contributed by atoms with van der Waals surface area (Å²) in [5.41, 5.74) is 1.80. The van der Waals surface area contributed by atoms with Crippen LogP contribution in [0.1, 0.15) is 32.4 Å². The average molecular weight is 438 g/mol. The van der Waals surface area contributed by atoms with Crippen LogP contribution in [0, 0.1) is 0 Å². The molecule has 0 radical (unpaired) electrons. The molecule has 0 bridgehead atoms. The highest BCUT2D eigenvalue weighted by Crippen LogP contribution is 2.42. The zero-order valence-electron chi connectivity index (χ0n) is 15.4. The average Bonchev–Trinajstić information content (AvgIpc) is 3.10. The molecule has 0 amide bonds. The van der Waals surface area contributed by atoms with Crippen molar-refractivity contribution in [2.75, 3.05) is 25.6 Å². The minimum Gasteiger partial charge on any atom is -0.493 e. The van der Waals surface area contributed by atoms with Gasteiger partial charge >= 0.3 is 5.97 Å². The largest absolute Gasteiger partial charge is 0.493 e. The molecule has 1 aromatic carbocycles. The van der Waals surface area contributed by atoms with Crippen molar-refractivity contribution in [1.29, 1.82) is 0 Å². The number of fused-ring (bicyclic) bond motifs is 1. The topological polar surface area (TPSA) is 100 Å². The van der Waals surface area contributed by atoms with E-state index in [1.807, 2.05) is 19.1 Å². The number of allylic oxidation sites excluding steroid dienone is 1. The predicted octanol–water partition coefficient (Wildman–Crippen LogP) is 2.69. The second-order valence-electron chi connectivity index (χ2n) is 5.70. The number of halogens is 1. The van der Waals surface area contributed by atoms with Crippen molar-refractivity contribution < 1.29 is 19.0 Å². The van der Waals surface area contributed by atoms with Crippen LogP contribution in [0.4, 0.5) is 5.95 Å². The number of ether oxygens (including phenoxy) is 3. The lowest BCUT2D eigenvalue weighted by atomic mass is 9.95. The van der Waals surface area contributed by atoms with Crippen molar-refractivity contribution in [3.63, 3.8) is 0 Å². The van der Waals surface area contributed by atoms with Crippen molar-refractivity contribution in [2.24, 2.45) is 0 Å². The summed E-state index contributed by atoms with van der Waals surface area (Å²) in [5.74, 6) is 1.13. The van der Waals surface area contributed by atoms with Gasteiger partial charge in [0.25, 0.3) is 0 Å². The standard InChI is InChI=1S/C17H20BrN5O4/c1-5-26-15-11(18)7-10(8-12(15)25-4)14-13(16(24)27-6-2)9(3)19-17-20-21-22-23(14)17/h7-8,14H,5-6H2,1-4H3,(H,19,20,22)/t14-/m1/s1. The van der Waals surface area contributed by atoms with Gasteiger partial charge in [-0.2, -0.15) is 4.68 Å². The third-order valence-corrected chi connectivity index (χ3v) is 4.65. The van der Waals surface area contributed by atoms with Crippen molar-refractivity contribution >= 4 is 27.8 Å². The van der Waals surface area contributed by atoms with Gasteiger partial charge in [0.05, 0.1) is 30.4 Å². The van der Waals surface area contributed by atoms with Gasteiger partial charge in [0.1, 0.15) is 6.04 Å². The number of benzene rings is 1. The second-order valence-corrected chi connectivity index (χ2v) is 6.56. The maximum Gasteiger partial charge on any atom is 0.338 e. The van der Waals surface area contributed by atoms with Gasteiger partial charge < -0.3 is 19.5 Å². The number of carbonyl (C=O) groups is 1. The van der Waals surface area contributed by atoms with Crippen molar-refractivity contribution in [3.05, 3.63) is 33.4 Å². The molecule has 1 N–H and O–H groups in total. The van der Waals surface area contributed by atoms with Gasteiger partial charge in [0.2, 0.25) is 5.95 Å². The summed E-state index contributed by atoms with van der Waals surface area (Å²) in [6.07, 6.45) is 0. The summed E-state index contributed by atoms with van der Waals surface area (Å²) >= 11 is 3.53. The quantitative estimate of drug-likeness (QED) is 0.688. The van der Waals surface area contributed by atoms with Crippen molar-refractivity contribution in [3.8, 4) is 11.5 Å². The number of hydrogen-bond acceptors (Lipinski definition) is 8. The summed E-state index contributed by atoms with van der Waals surface area (Å²) in [6, 6.07) is 3.10. The van der Waals surface area contributed by atoms with E-state index in [4.69, 9.17) is 14.2 Å². The Labute approximate surface area is 164 Å². The van der Waals surface area contributed by atoms with Crippen LogP contribution in [-0.2, 0) is 9.53 Å². The number of carbonyl (C=O) groups excluding carboxylic acids is 1. The molecule has 10 heteroatoms. The molecule has 1 aliphatic rings. The molecular formula is C17H20BrN5O4. The van der Waals surface area contributed by atoms with Crippen LogP contribution in [0.5, 0.6) is 11.5 Å². The Hall–Kier alpha value is -2.62. The molecule has 2 heterocycles. The van der Waals surface area contributed by atoms with Crippen LogP contribution in [-0.4, -0.2) is 46.5 Å². The van der Waals surface area contributed by atoms with E-state index in [2.05, 4.69) is 36.8 Å².